The van der Waals surface area contributed by atoms with Gasteiger partial charge in [-0.05, 0) is 46.3 Å². The zero-order valence-corrected chi connectivity index (χ0v) is 13.7. The largest absolute Gasteiger partial charge is 0.495 e. The van der Waals surface area contributed by atoms with Gasteiger partial charge in [0.15, 0.2) is 0 Å². The van der Waals surface area contributed by atoms with Crippen LogP contribution in [0.5, 0.6) is 11.5 Å². The van der Waals surface area contributed by atoms with Gasteiger partial charge in [-0.1, -0.05) is 11.6 Å². The van der Waals surface area contributed by atoms with Crippen LogP contribution in [0.15, 0.2) is 34.8 Å². The fourth-order valence-corrected chi connectivity index (χ4v) is 2.89. The molecule has 0 radical (unpaired) electrons. The number of rotatable bonds is 4. The maximum absolute atomic E-state index is 13.9. The topological polar surface area (TPSA) is 38.7 Å². The molecule has 1 atom stereocenters. The van der Waals surface area contributed by atoms with Crippen LogP contribution in [0.25, 0.3) is 0 Å². The van der Waals surface area contributed by atoms with Crippen LogP contribution in [0.1, 0.15) is 17.2 Å². The van der Waals surface area contributed by atoms with Gasteiger partial charge < -0.3 is 14.6 Å². The van der Waals surface area contributed by atoms with Crippen molar-refractivity contribution in [2.75, 3.05) is 14.2 Å². The third-order valence-electron chi connectivity index (χ3n) is 3.06. The van der Waals surface area contributed by atoms with E-state index in [2.05, 4.69) is 15.9 Å². The summed E-state index contributed by atoms with van der Waals surface area (Å²) in [6.45, 7) is 0. The Morgan fingerprint density at radius 3 is 2.48 bits per heavy atom. The molecule has 0 aliphatic heterocycles. The molecule has 0 aliphatic carbocycles. The van der Waals surface area contributed by atoms with Crippen molar-refractivity contribution in [1.29, 1.82) is 0 Å². The zero-order valence-electron chi connectivity index (χ0n) is 11.4. The predicted molar refractivity (Wildman–Crippen MR) is 82.7 cm³/mol. The lowest BCUT2D eigenvalue weighted by Crippen LogP contribution is -2.06. The number of halogens is 3. The minimum Gasteiger partial charge on any atom is -0.495 e. The van der Waals surface area contributed by atoms with Gasteiger partial charge in [0.2, 0.25) is 0 Å². The molecule has 0 aliphatic rings. The second-order valence-corrected chi connectivity index (χ2v) is 5.50. The van der Waals surface area contributed by atoms with E-state index in [1.807, 2.05) is 0 Å². The van der Waals surface area contributed by atoms with Crippen LogP contribution in [0.4, 0.5) is 4.39 Å². The number of aliphatic hydroxyl groups excluding tert-OH is 1. The first-order valence-electron chi connectivity index (χ1n) is 6.03. The number of hydrogen-bond donors (Lipinski definition) is 1. The molecule has 0 saturated carbocycles. The van der Waals surface area contributed by atoms with Gasteiger partial charge >= 0.3 is 0 Å². The molecule has 0 spiro atoms. The first-order chi connectivity index (χ1) is 9.99. The summed E-state index contributed by atoms with van der Waals surface area (Å²) in [6.07, 6.45) is -1.21. The van der Waals surface area contributed by atoms with E-state index in [0.717, 1.165) is 0 Å². The van der Waals surface area contributed by atoms with Gasteiger partial charge in [-0.15, -0.1) is 0 Å². The van der Waals surface area contributed by atoms with E-state index in [4.69, 9.17) is 21.1 Å². The molecule has 0 amide bonds. The maximum atomic E-state index is 13.9. The second kappa shape index (κ2) is 6.64. The third kappa shape index (κ3) is 3.15. The zero-order chi connectivity index (χ0) is 15.6. The fraction of sp³-hybridized carbons (Fsp3) is 0.200. The summed E-state index contributed by atoms with van der Waals surface area (Å²) < 4.78 is 24.9. The fourth-order valence-electron chi connectivity index (χ4n) is 2.03. The van der Waals surface area contributed by atoms with E-state index in [9.17, 15) is 9.50 Å². The molecule has 2 rings (SSSR count). The molecular formula is C15H13BrClFO3. The van der Waals surface area contributed by atoms with E-state index in [1.54, 1.807) is 12.1 Å². The SMILES string of the molecule is COc1ccc(C(O)c2cc(Cl)ccc2F)c(OC)c1Br. The van der Waals surface area contributed by atoms with Crippen molar-refractivity contribution in [2.24, 2.45) is 0 Å². The van der Waals surface area contributed by atoms with Gasteiger partial charge in [0.1, 0.15) is 27.9 Å². The summed E-state index contributed by atoms with van der Waals surface area (Å²) in [6, 6.07) is 7.31. The molecule has 0 bridgehead atoms. The highest BCUT2D eigenvalue weighted by Crippen LogP contribution is 2.41. The van der Waals surface area contributed by atoms with E-state index in [-0.39, 0.29) is 5.56 Å². The Bertz CT molecular complexity index is 664. The standard InChI is InChI=1S/C15H13BrClFO3/c1-20-12-6-4-9(15(21-2)13(12)16)14(19)10-7-8(17)3-5-11(10)18/h3-7,14,19H,1-2H3. The van der Waals surface area contributed by atoms with Crippen LogP contribution >= 0.6 is 27.5 Å². The van der Waals surface area contributed by atoms with Crippen LogP contribution in [0, 0.1) is 5.82 Å². The Balaban J connectivity index is 2.55. The Hall–Kier alpha value is -1.30. The molecule has 1 unspecified atom stereocenters. The summed E-state index contributed by atoms with van der Waals surface area (Å²) >= 11 is 9.21. The van der Waals surface area contributed by atoms with Crippen molar-refractivity contribution in [3.8, 4) is 11.5 Å². The van der Waals surface area contributed by atoms with Gasteiger partial charge in [0.25, 0.3) is 0 Å². The van der Waals surface area contributed by atoms with Crippen molar-refractivity contribution in [3.05, 3.63) is 56.8 Å². The Morgan fingerprint density at radius 2 is 1.86 bits per heavy atom. The number of aliphatic hydroxyl groups is 1. The summed E-state index contributed by atoms with van der Waals surface area (Å²) in [5.74, 6) is 0.386. The van der Waals surface area contributed by atoms with Crippen LogP contribution in [-0.4, -0.2) is 19.3 Å². The summed E-state index contributed by atoms with van der Waals surface area (Å²) in [5, 5.41) is 10.8. The average Bonchev–Trinajstić information content (AvgIpc) is 2.48. The molecule has 2 aromatic carbocycles. The molecular weight excluding hydrogens is 363 g/mol. The molecule has 0 saturated heterocycles. The molecule has 0 aromatic heterocycles. The van der Waals surface area contributed by atoms with Crippen LogP contribution in [0.2, 0.25) is 5.02 Å². The van der Waals surface area contributed by atoms with Gasteiger partial charge in [-0.2, -0.15) is 0 Å². The van der Waals surface area contributed by atoms with E-state index in [0.29, 0.717) is 26.6 Å². The third-order valence-corrected chi connectivity index (χ3v) is 4.05. The van der Waals surface area contributed by atoms with Crippen molar-refractivity contribution in [1.82, 2.24) is 0 Å². The van der Waals surface area contributed by atoms with Crippen molar-refractivity contribution in [2.45, 2.75) is 6.10 Å². The number of ether oxygens (including phenoxy) is 2. The molecule has 2 aromatic rings. The highest BCUT2D eigenvalue weighted by molar-refractivity contribution is 9.10. The molecule has 0 fully saturated rings. The monoisotopic (exact) mass is 374 g/mol. The maximum Gasteiger partial charge on any atom is 0.142 e. The predicted octanol–water partition coefficient (Wildman–Crippen LogP) is 4.34. The lowest BCUT2D eigenvalue weighted by Gasteiger charge is -2.18. The molecule has 0 heterocycles. The lowest BCUT2D eigenvalue weighted by atomic mass is 10.00. The van der Waals surface area contributed by atoms with Crippen LogP contribution < -0.4 is 9.47 Å². The molecule has 112 valence electrons. The highest BCUT2D eigenvalue weighted by atomic mass is 79.9. The minimum absolute atomic E-state index is 0.0814. The summed E-state index contributed by atoms with van der Waals surface area (Å²) in [5.41, 5.74) is 0.490. The highest BCUT2D eigenvalue weighted by Gasteiger charge is 2.22. The molecule has 3 nitrogen and oxygen atoms in total. The average molecular weight is 376 g/mol. The van der Waals surface area contributed by atoms with Crippen LogP contribution in [-0.2, 0) is 0 Å². The number of benzene rings is 2. The quantitative estimate of drug-likeness (QED) is 0.864. The van der Waals surface area contributed by atoms with Gasteiger partial charge in [-0.25, -0.2) is 4.39 Å². The summed E-state index contributed by atoms with van der Waals surface area (Å²) in [4.78, 5) is 0. The summed E-state index contributed by atoms with van der Waals surface area (Å²) in [7, 11) is 2.98. The normalized spacial score (nSPS) is 12.1. The van der Waals surface area contributed by atoms with Gasteiger partial charge in [0.05, 0.1) is 14.2 Å². The van der Waals surface area contributed by atoms with Gasteiger partial charge in [0, 0.05) is 16.1 Å². The van der Waals surface area contributed by atoms with Crippen molar-refractivity contribution in [3.63, 3.8) is 0 Å². The number of hydrogen-bond acceptors (Lipinski definition) is 3. The minimum atomic E-state index is -1.21. The first kappa shape index (κ1) is 16.1. The van der Waals surface area contributed by atoms with Crippen molar-refractivity contribution < 1.29 is 19.0 Å². The van der Waals surface area contributed by atoms with Crippen LogP contribution in [0.3, 0.4) is 0 Å². The Kier molecular flexibility index (Phi) is 5.08. The van der Waals surface area contributed by atoms with E-state index >= 15 is 0 Å². The Labute approximate surface area is 135 Å². The Morgan fingerprint density at radius 1 is 1.14 bits per heavy atom. The molecule has 1 N–H and O–H groups in total. The van der Waals surface area contributed by atoms with E-state index < -0.39 is 11.9 Å². The van der Waals surface area contributed by atoms with E-state index in [1.165, 1.54) is 32.4 Å². The lowest BCUT2D eigenvalue weighted by molar-refractivity contribution is 0.209. The molecule has 6 heteroatoms. The molecule has 21 heavy (non-hydrogen) atoms. The first-order valence-corrected chi connectivity index (χ1v) is 7.20. The smallest absolute Gasteiger partial charge is 0.142 e. The number of methoxy groups -OCH3 is 2. The second-order valence-electron chi connectivity index (χ2n) is 4.27. The van der Waals surface area contributed by atoms with Gasteiger partial charge in [-0.3, -0.25) is 0 Å². The van der Waals surface area contributed by atoms with Crippen molar-refractivity contribution >= 4 is 27.5 Å².